The monoisotopic (exact) mass is 740 g/mol. The van der Waals surface area contributed by atoms with Gasteiger partial charge in [-0.1, -0.05) is 193 Å². The zero-order valence-electron chi connectivity index (χ0n) is 34.6. The first-order valence-corrected chi connectivity index (χ1v) is 22.5. The van der Waals surface area contributed by atoms with Crippen molar-refractivity contribution in [3.05, 3.63) is 41.6 Å². The second-order valence-corrected chi connectivity index (χ2v) is 16.1. The number of phenolic OH excluding ortho intramolecular Hbond substituents is 1. The summed E-state index contributed by atoms with van der Waals surface area (Å²) in [5, 5.41) is 21.4. The second kappa shape index (κ2) is 30.9. The summed E-state index contributed by atoms with van der Waals surface area (Å²) in [4.78, 5) is 28.6. The molecule has 6 nitrogen and oxygen atoms in total. The van der Waals surface area contributed by atoms with E-state index in [-0.39, 0.29) is 17.6 Å². The van der Waals surface area contributed by atoms with Crippen molar-refractivity contribution >= 4 is 11.8 Å². The van der Waals surface area contributed by atoms with Crippen LogP contribution in [0, 0.1) is 5.92 Å². The summed E-state index contributed by atoms with van der Waals surface area (Å²) < 4.78 is 5.22. The maximum Gasteiger partial charge on any atom is 0.313 e. The van der Waals surface area contributed by atoms with Crippen LogP contribution in [-0.4, -0.2) is 52.7 Å². The number of phenols is 1. The summed E-state index contributed by atoms with van der Waals surface area (Å²) in [5.74, 6) is -0.865. The number of esters is 1. The summed E-state index contributed by atoms with van der Waals surface area (Å²) in [5.41, 5.74) is 1.63. The molecule has 0 aliphatic carbocycles. The number of aromatic hydroxyl groups is 1. The highest BCUT2D eigenvalue weighted by atomic mass is 16.5. The molecule has 0 amide bonds. The number of benzene rings is 1. The summed E-state index contributed by atoms with van der Waals surface area (Å²) in [6, 6.07) is 6.97. The van der Waals surface area contributed by atoms with Crippen LogP contribution in [0.1, 0.15) is 206 Å². The number of hydrogen-bond acceptors (Lipinski definition) is 6. The van der Waals surface area contributed by atoms with E-state index in [4.69, 9.17) is 4.74 Å². The van der Waals surface area contributed by atoms with Gasteiger partial charge in [0, 0.05) is 30.8 Å². The van der Waals surface area contributed by atoms with Gasteiger partial charge >= 0.3 is 5.97 Å². The molecule has 1 aromatic carbocycles. The molecule has 53 heavy (non-hydrogen) atoms. The quantitative estimate of drug-likeness (QED) is 0.0416. The number of carbonyl (C=O) groups is 2. The zero-order valence-corrected chi connectivity index (χ0v) is 34.6. The van der Waals surface area contributed by atoms with Gasteiger partial charge in [-0.05, 0) is 37.0 Å². The normalized spacial score (nSPS) is 17.9. The molecular formula is C47H81NO5. The lowest BCUT2D eigenvalue weighted by Crippen LogP contribution is -2.38. The second-order valence-electron chi connectivity index (χ2n) is 16.1. The van der Waals surface area contributed by atoms with E-state index in [2.05, 4.69) is 18.7 Å². The first-order chi connectivity index (χ1) is 25.9. The molecule has 2 N–H and O–H groups in total. The largest absolute Gasteiger partial charge is 0.508 e. The highest BCUT2D eigenvalue weighted by Gasteiger charge is 2.48. The van der Waals surface area contributed by atoms with E-state index in [1.807, 2.05) is 12.1 Å². The minimum atomic E-state index is -1.06. The summed E-state index contributed by atoms with van der Waals surface area (Å²) >= 11 is 0. The molecule has 0 aromatic heterocycles. The Morgan fingerprint density at radius 2 is 1.06 bits per heavy atom. The Hall–Kier alpha value is -2.34. The molecule has 3 atom stereocenters. The fourth-order valence-corrected chi connectivity index (χ4v) is 8.18. The number of allylic oxidation sites excluding steroid dienone is 1. The number of nitrogens with zero attached hydrogens (tertiary/aromatic N) is 1. The molecular weight excluding hydrogens is 659 g/mol. The third kappa shape index (κ3) is 20.8. The van der Waals surface area contributed by atoms with Gasteiger partial charge in [-0.15, -0.1) is 0 Å². The molecule has 2 rings (SSSR count). The number of methoxy groups -OCH3 is 1. The number of aliphatic hydroxyl groups excluding tert-OH is 1. The molecule has 0 saturated carbocycles. The van der Waals surface area contributed by atoms with Crippen LogP contribution in [0.3, 0.4) is 0 Å². The number of rotatable bonds is 34. The van der Waals surface area contributed by atoms with Crippen LogP contribution in [0.25, 0.3) is 0 Å². The molecule has 1 aliphatic heterocycles. The number of hydrogen-bond donors (Lipinski definition) is 2. The van der Waals surface area contributed by atoms with Crippen LogP contribution < -0.4 is 0 Å². The molecule has 1 heterocycles. The number of likely N-dealkylation sites (tertiary alicyclic amines) is 1. The molecule has 1 saturated heterocycles. The van der Waals surface area contributed by atoms with Crippen molar-refractivity contribution in [3.8, 4) is 5.75 Å². The Morgan fingerprint density at radius 3 is 1.49 bits per heavy atom. The number of unbranched alkanes of at least 4 members (excludes halogenated alkanes) is 25. The van der Waals surface area contributed by atoms with Crippen LogP contribution in [0.5, 0.6) is 5.75 Å². The van der Waals surface area contributed by atoms with Crippen molar-refractivity contribution in [1.82, 2.24) is 4.90 Å². The van der Waals surface area contributed by atoms with E-state index in [1.165, 1.54) is 148 Å². The van der Waals surface area contributed by atoms with E-state index in [1.54, 1.807) is 18.2 Å². The Labute approximate surface area is 325 Å². The molecule has 304 valence electrons. The molecule has 1 fully saturated rings. The van der Waals surface area contributed by atoms with Crippen LogP contribution in [0.15, 0.2) is 36.0 Å². The Morgan fingerprint density at radius 1 is 0.642 bits per heavy atom. The molecule has 1 aromatic rings. The van der Waals surface area contributed by atoms with E-state index >= 15 is 0 Å². The highest BCUT2D eigenvalue weighted by molar-refractivity contribution is 5.90. The Kier molecular flexibility index (Phi) is 27.3. The topological polar surface area (TPSA) is 87.1 Å². The first kappa shape index (κ1) is 46.8. The van der Waals surface area contributed by atoms with Crippen molar-refractivity contribution in [2.75, 3.05) is 13.7 Å². The van der Waals surface area contributed by atoms with Crippen molar-refractivity contribution in [3.63, 3.8) is 0 Å². The summed E-state index contributed by atoms with van der Waals surface area (Å²) in [6.45, 7) is 5.12. The van der Waals surface area contributed by atoms with Crippen molar-refractivity contribution in [2.24, 2.45) is 5.92 Å². The standard InChI is InChI=1S/C47H81NO5/c1-4-6-8-10-12-14-16-18-20-21-23-25-27-29-31-42(50)39-44-46(51)45(47(52)53-3)43(48(44)38-37-40-33-35-41(49)36-34-40)32-30-28-26-24-22-19-17-15-13-11-9-7-5-2/h33-36,39,43,45-46,49,51H,4-32,37-38H2,1-3H3/t43-,45-,46-/m0/s1. The molecule has 1 aliphatic rings. The predicted molar refractivity (Wildman–Crippen MR) is 222 cm³/mol. The highest BCUT2D eigenvalue weighted by Crippen LogP contribution is 2.37. The van der Waals surface area contributed by atoms with Gasteiger partial charge in [0.2, 0.25) is 0 Å². The van der Waals surface area contributed by atoms with E-state index in [9.17, 15) is 19.8 Å². The van der Waals surface area contributed by atoms with Gasteiger partial charge < -0.3 is 19.8 Å². The molecule has 0 bridgehead atoms. The van der Waals surface area contributed by atoms with Crippen molar-refractivity contribution in [2.45, 2.75) is 219 Å². The van der Waals surface area contributed by atoms with E-state index in [0.717, 1.165) is 44.1 Å². The van der Waals surface area contributed by atoms with E-state index in [0.29, 0.717) is 25.1 Å². The lowest BCUT2D eigenvalue weighted by molar-refractivity contribution is -0.149. The van der Waals surface area contributed by atoms with Gasteiger partial charge in [-0.25, -0.2) is 0 Å². The van der Waals surface area contributed by atoms with Crippen LogP contribution in [0.4, 0.5) is 0 Å². The summed E-state index contributed by atoms with van der Waals surface area (Å²) in [7, 11) is 1.39. The number of ether oxygens (including phenoxy) is 1. The SMILES string of the molecule is CCCCCCCCCCCCCCCCC(=O)C=C1[C@H](O)[C@@H](C(=O)OC)[C@H](CCCCCCCCCCCCCCC)N1CCc1ccc(O)cc1. The van der Waals surface area contributed by atoms with Crippen LogP contribution >= 0.6 is 0 Å². The maximum atomic E-state index is 13.3. The van der Waals surface area contributed by atoms with Gasteiger partial charge in [0.05, 0.1) is 7.11 Å². The van der Waals surface area contributed by atoms with Gasteiger partial charge in [0.25, 0.3) is 0 Å². The average molecular weight is 740 g/mol. The average Bonchev–Trinajstić information content (AvgIpc) is 3.41. The Bertz CT molecular complexity index is 1080. The molecule has 6 heteroatoms. The van der Waals surface area contributed by atoms with Gasteiger partial charge in [-0.2, -0.15) is 0 Å². The van der Waals surface area contributed by atoms with Crippen LogP contribution in [-0.2, 0) is 20.7 Å². The molecule has 0 radical (unpaired) electrons. The Balaban J connectivity index is 1.86. The van der Waals surface area contributed by atoms with Crippen LogP contribution in [0.2, 0.25) is 0 Å². The lowest BCUT2D eigenvalue weighted by atomic mass is 9.92. The smallest absolute Gasteiger partial charge is 0.313 e. The minimum Gasteiger partial charge on any atom is -0.508 e. The molecule has 0 spiro atoms. The number of aliphatic hydroxyl groups is 1. The zero-order chi connectivity index (χ0) is 38.4. The lowest BCUT2D eigenvalue weighted by Gasteiger charge is -2.29. The number of ketones is 1. The fraction of sp³-hybridized carbons (Fsp3) is 0.787. The van der Waals surface area contributed by atoms with Crippen molar-refractivity contribution in [1.29, 1.82) is 0 Å². The minimum absolute atomic E-state index is 0.0258. The maximum absolute atomic E-state index is 13.3. The van der Waals surface area contributed by atoms with Crippen molar-refractivity contribution < 1.29 is 24.5 Å². The van der Waals surface area contributed by atoms with Gasteiger partial charge in [-0.3, -0.25) is 9.59 Å². The first-order valence-electron chi connectivity index (χ1n) is 22.5. The fourth-order valence-electron chi connectivity index (χ4n) is 8.18. The number of carbonyl (C=O) groups excluding carboxylic acids is 2. The van der Waals surface area contributed by atoms with Gasteiger partial charge in [0.1, 0.15) is 17.8 Å². The third-order valence-electron chi connectivity index (χ3n) is 11.5. The van der Waals surface area contributed by atoms with Gasteiger partial charge in [0.15, 0.2) is 5.78 Å². The van der Waals surface area contributed by atoms with E-state index < -0.39 is 18.0 Å². The third-order valence-corrected chi connectivity index (χ3v) is 11.5. The predicted octanol–water partition coefficient (Wildman–Crippen LogP) is 12.6. The summed E-state index contributed by atoms with van der Waals surface area (Å²) in [6.07, 6.45) is 37.0. The molecule has 0 unspecified atom stereocenters.